The van der Waals surface area contributed by atoms with Gasteiger partial charge in [0.2, 0.25) is 0 Å². The Bertz CT molecular complexity index is 156. The molecular formula is C7H9N. The lowest BCUT2D eigenvalue weighted by Gasteiger charge is -2.21. The van der Waals surface area contributed by atoms with E-state index >= 15 is 0 Å². The lowest BCUT2D eigenvalue weighted by atomic mass is 9.93. The average Bonchev–Trinajstić information content (AvgIpc) is 1.92. The molecule has 1 atom stereocenters. The Morgan fingerprint density at radius 2 is 2.62 bits per heavy atom. The van der Waals surface area contributed by atoms with Crippen molar-refractivity contribution in [2.24, 2.45) is 4.99 Å². The third kappa shape index (κ3) is 0.507. The molecule has 42 valence electrons. The first-order chi connectivity index (χ1) is 3.95. The van der Waals surface area contributed by atoms with Gasteiger partial charge in [-0.3, -0.25) is 4.99 Å². The molecule has 0 spiro atoms. The van der Waals surface area contributed by atoms with Gasteiger partial charge in [0.1, 0.15) is 0 Å². The van der Waals surface area contributed by atoms with E-state index in [4.69, 9.17) is 0 Å². The predicted octanol–water partition coefficient (Wildman–Crippen LogP) is 1.55. The highest BCUT2D eigenvalue weighted by atomic mass is 14.8. The molecule has 0 saturated heterocycles. The van der Waals surface area contributed by atoms with E-state index in [1.807, 2.05) is 6.21 Å². The first-order valence-electron chi connectivity index (χ1n) is 3.17. The molecule has 1 aliphatic carbocycles. The summed E-state index contributed by atoms with van der Waals surface area (Å²) in [5, 5.41) is 0. The predicted molar refractivity (Wildman–Crippen MR) is 34.2 cm³/mol. The van der Waals surface area contributed by atoms with Gasteiger partial charge in [-0.15, -0.1) is 0 Å². The monoisotopic (exact) mass is 107 g/mol. The van der Waals surface area contributed by atoms with Crippen LogP contribution in [0, 0.1) is 0 Å². The van der Waals surface area contributed by atoms with Crippen molar-refractivity contribution in [2.45, 2.75) is 25.3 Å². The number of fused-ring (bicyclic) bond motifs is 2. The van der Waals surface area contributed by atoms with Crippen LogP contribution in [0.15, 0.2) is 16.6 Å². The van der Waals surface area contributed by atoms with Gasteiger partial charge in [0.05, 0.1) is 6.04 Å². The maximum atomic E-state index is 4.30. The molecule has 2 heterocycles. The summed E-state index contributed by atoms with van der Waals surface area (Å²) in [7, 11) is 0. The van der Waals surface area contributed by atoms with E-state index < -0.39 is 0 Å². The third-order valence-electron chi connectivity index (χ3n) is 1.87. The molecule has 1 nitrogen and oxygen atoms in total. The molecule has 3 aliphatic rings. The minimum absolute atomic E-state index is 0.646. The molecule has 0 aromatic carbocycles. The normalized spacial score (nSPS) is 33.0. The SMILES string of the molecule is C1=NC2CC=C1CC2. The fourth-order valence-corrected chi connectivity index (χ4v) is 1.29. The Morgan fingerprint density at radius 3 is 2.75 bits per heavy atom. The third-order valence-corrected chi connectivity index (χ3v) is 1.87. The molecule has 0 aromatic rings. The van der Waals surface area contributed by atoms with Gasteiger partial charge in [-0.25, -0.2) is 0 Å². The van der Waals surface area contributed by atoms with E-state index in [9.17, 15) is 0 Å². The van der Waals surface area contributed by atoms with Crippen molar-refractivity contribution in [1.82, 2.24) is 0 Å². The molecule has 0 amide bonds. The molecule has 3 rings (SSSR count). The molecule has 1 unspecified atom stereocenters. The molecule has 0 N–H and O–H groups in total. The number of rotatable bonds is 0. The fraction of sp³-hybridized carbons (Fsp3) is 0.571. The second-order valence-corrected chi connectivity index (χ2v) is 2.49. The molecule has 0 fully saturated rings. The number of nitrogens with zero attached hydrogens (tertiary/aromatic N) is 1. The Balaban J connectivity index is 2.36. The summed E-state index contributed by atoms with van der Waals surface area (Å²) in [6.07, 6.45) is 8.10. The molecular weight excluding hydrogens is 98.1 g/mol. The van der Waals surface area contributed by atoms with Crippen LogP contribution in [0.5, 0.6) is 0 Å². The molecule has 0 aromatic heterocycles. The molecule has 2 aliphatic heterocycles. The molecule has 2 bridgehead atoms. The van der Waals surface area contributed by atoms with Gasteiger partial charge in [-0.2, -0.15) is 0 Å². The van der Waals surface area contributed by atoms with E-state index in [1.165, 1.54) is 24.8 Å². The first-order valence-corrected chi connectivity index (χ1v) is 3.17. The second kappa shape index (κ2) is 1.44. The highest BCUT2D eigenvalue weighted by Gasteiger charge is 2.15. The number of hydrogen-bond acceptors (Lipinski definition) is 1. The second-order valence-electron chi connectivity index (χ2n) is 2.49. The van der Waals surface area contributed by atoms with E-state index in [-0.39, 0.29) is 0 Å². The molecule has 1 heteroatoms. The van der Waals surface area contributed by atoms with E-state index in [0.717, 1.165) is 0 Å². The van der Waals surface area contributed by atoms with Crippen LogP contribution >= 0.6 is 0 Å². The van der Waals surface area contributed by atoms with E-state index in [0.29, 0.717) is 6.04 Å². The lowest BCUT2D eigenvalue weighted by Crippen LogP contribution is -2.15. The van der Waals surface area contributed by atoms with Crippen LogP contribution in [0.3, 0.4) is 0 Å². The van der Waals surface area contributed by atoms with Gasteiger partial charge in [0.15, 0.2) is 0 Å². The van der Waals surface area contributed by atoms with Crippen molar-refractivity contribution in [3.63, 3.8) is 0 Å². The van der Waals surface area contributed by atoms with Crippen LogP contribution in [0.2, 0.25) is 0 Å². The van der Waals surface area contributed by atoms with Gasteiger partial charge in [-0.1, -0.05) is 6.08 Å². The van der Waals surface area contributed by atoms with Crippen molar-refractivity contribution < 1.29 is 0 Å². The highest BCUT2D eigenvalue weighted by molar-refractivity contribution is 5.80. The zero-order chi connectivity index (χ0) is 5.40. The van der Waals surface area contributed by atoms with Crippen LogP contribution in [0.1, 0.15) is 19.3 Å². The number of hydrogen-bond donors (Lipinski definition) is 0. The van der Waals surface area contributed by atoms with Crippen LogP contribution in [0.25, 0.3) is 0 Å². The number of dihydropyridines is 1. The first kappa shape index (κ1) is 4.30. The molecule has 0 radical (unpaired) electrons. The number of aliphatic imine (C=N–C) groups is 1. The van der Waals surface area contributed by atoms with Gasteiger partial charge in [-0.05, 0) is 24.8 Å². The van der Waals surface area contributed by atoms with Crippen molar-refractivity contribution in [3.8, 4) is 0 Å². The van der Waals surface area contributed by atoms with Crippen LogP contribution in [-0.2, 0) is 0 Å². The molecule has 8 heavy (non-hydrogen) atoms. The Hall–Kier alpha value is -0.590. The zero-order valence-electron chi connectivity index (χ0n) is 4.80. The fourth-order valence-electron chi connectivity index (χ4n) is 1.29. The van der Waals surface area contributed by atoms with Gasteiger partial charge >= 0.3 is 0 Å². The zero-order valence-corrected chi connectivity index (χ0v) is 4.80. The summed E-state index contributed by atoms with van der Waals surface area (Å²) < 4.78 is 0. The lowest BCUT2D eigenvalue weighted by molar-refractivity contribution is 0.586. The van der Waals surface area contributed by atoms with Gasteiger partial charge < -0.3 is 0 Å². The summed E-state index contributed by atoms with van der Waals surface area (Å²) in [4.78, 5) is 4.30. The largest absolute Gasteiger partial charge is 0.289 e. The van der Waals surface area contributed by atoms with Crippen LogP contribution < -0.4 is 0 Å². The summed E-state index contributed by atoms with van der Waals surface area (Å²) >= 11 is 0. The summed E-state index contributed by atoms with van der Waals surface area (Å²) in [5.41, 5.74) is 1.45. The Kier molecular flexibility index (Phi) is 0.775. The standard InChI is InChI=1S/C7H9N/c1-3-7-4-2-6(1)5-8-7/h1,5,7H,2-4H2. The minimum atomic E-state index is 0.646. The highest BCUT2D eigenvalue weighted by Crippen LogP contribution is 2.23. The van der Waals surface area contributed by atoms with Crippen molar-refractivity contribution >= 4 is 6.21 Å². The summed E-state index contributed by atoms with van der Waals surface area (Å²) in [5.74, 6) is 0. The smallest absolute Gasteiger partial charge is 0.0537 e. The van der Waals surface area contributed by atoms with E-state index in [1.54, 1.807) is 0 Å². The Morgan fingerprint density at radius 1 is 1.62 bits per heavy atom. The summed E-state index contributed by atoms with van der Waals surface area (Å²) in [6, 6.07) is 0.646. The topological polar surface area (TPSA) is 12.4 Å². The minimum Gasteiger partial charge on any atom is -0.289 e. The number of allylic oxidation sites excluding steroid dienone is 1. The van der Waals surface area contributed by atoms with Crippen LogP contribution in [-0.4, -0.2) is 12.3 Å². The summed E-state index contributed by atoms with van der Waals surface area (Å²) in [6.45, 7) is 0. The van der Waals surface area contributed by atoms with Gasteiger partial charge in [0, 0.05) is 6.21 Å². The van der Waals surface area contributed by atoms with Crippen LogP contribution in [0.4, 0.5) is 0 Å². The van der Waals surface area contributed by atoms with Crippen molar-refractivity contribution in [3.05, 3.63) is 11.6 Å². The van der Waals surface area contributed by atoms with Crippen molar-refractivity contribution in [2.75, 3.05) is 0 Å². The average molecular weight is 107 g/mol. The maximum absolute atomic E-state index is 4.30. The quantitative estimate of drug-likeness (QED) is 0.445. The van der Waals surface area contributed by atoms with Crippen molar-refractivity contribution in [1.29, 1.82) is 0 Å². The molecule has 0 saturated carbocycles. The Labute approximate surface area is 49.1 Å². The van der Waals surface area contributed by atoms with E-state index in [2.05, 4.69) is 11.1 Å². The van der Waals surface area contributed by atoms with Gasteiger partial charge in [0.25, 0.3) is 0 Å². The maximum Gasteiger partial charge on any atom is 0.0537 e.